The van der Waals surface area contributed by atoms with Crippen LogP contribution in [0, 0.1) is 33.5 Å². The molecule has 4 heteroatoms. The normalized spacial score (nSPS) is 11.1. The van der Waals surface area contributed by atoms with E-state index in [2.05, 4.69) is 31.3 Å². The van der Waals surface area contributed by atoms with Crippen LogP contribution in [0.15, 0.2) is 54.6 Å². The molecule has 0 bridgehead atoms. The average molecular weight is 359 g/mol. The number of aryl methyl sites for hydroxylation is 4. The van der Waals surface area contributed by atoms with Crippen LogP contribution in [0.25, 0.3) is 16.9 Å². The molecule has 136 valence electrons. The van der Waals surface area contributed by atoms with Crippen molar-refractivity contribution < 1.29 is 4.39 Å². The van der Waals surface area contributed by atoms with E-state index in [0.717, 1.165) is 39.5 Å². The molecule has 0 atom stereocenters. The maximum Gasteiger partial charge on any atom is 0.143 e. The van der Waals surface area contributed by atoms with Crippen molar-refractivity contribution in [3.63, 3.8) is 0 Å². The highest BCUT2D eigenvalue weighted by atomic mass is 19.1. The quantitative estimate of drug-likeness (QED) is 0.478. The topological polar surface area (TPSA) is 29.3 Å². The largest absolute Gasteiger partial charge is 0.339 e. The molecule has 0 spiro atoms. The second-order valence-electron chi connectivity index (χ2n) is 7.04. The number of hydrogen-bond donors (Lipinski definition) is 1. The minimum atomic E-state index is -0.272. The van der Waals surface area contributed by atoms with Gasteiger partial charge in [-0.05, 0) is 63.1 Å². The van der Waals surface area contributed by atoms with E-state index in [-0.39, 0.29) is 5.82 Å². The molecule has 0 aliphatic carbocycles. The number of aromatic nitrogens is 2. The lowest BCUT2D eigenvalue weighted by atomic mass is 10.1. The second kappa shape index (κ2) is 6.54. The van der Waals surface area contributed by atoms with Crippen LogP contribution in [-0.2, 0) is 0 Å². The van der Waals surface area contributed by atoms with Crippen molar-refractivity contribution in [2.75, 3.05) is 5.32 Å². The Morgan fingerprint density at radius 3 is 2.33 bits per heavy atom. The summed E-state index contributed by atoms with van der Waals surface area (Å²) in [5.41, 5.74) is 7.24. The summed E-state index contributed by atoms with van der Waals surface area (Å²) in [6.07, 6.45) is 0. The lowest BCUT2D eigenvalue weighted by Crippen LogP contribution is -2.02. The summed E-state index contributed by atoms with van der Waals surface area (Å²) in [5.74, 6) is 0.510. The minimum absolute atomic E-state index is 0.272. The summed E-state index contributed by atoms with van der Waals surface area (Å²) in [6, 6.07) is 17.2. The van der Waals surface area contributed by atoms with Crippen molar-refractivity contribution in [3.8, 4) is 11.3 Å². The molecule has 0 saturated carbocycles. The number of hydrogen-bond acceptors (Lipinski definition) is 2. The third-order valence-corrected chi connectivity index (χ3v) is 4.94. The van der Waals surface area contributed by atoms with E-state index in [1.807, 2.05) is 48.6 Å². The Bertz CT molecular complexity index is 1140. The fraction of sp³-hybridized carbons (Fsp3) is 0.174. The standard InChI is InChI=1S/C23H22FN3/c1-14-11-12-19(24)18(13-14)22-23(26-21-15(2)7-5-8-16(21)3)27-17(4)9-6-10-20(27)25-22/h5-13,26H,1-4H3. The van der Waals surface area contributed by atoms with Crippen molar-refractivity contribution in [1.82, 2.24) is 9.38 Å². The van der Waals surface area contributed by atoms with Crippen molar-refractivity contribution in [2.24, 2.45) is 0 Å². The third kappa shape index (κ3) is 2.97. The van der Waals surface area contributed by atoms with Crippen molar-refractivity contribution in [1.29, 1.82) is 0 Å². The molecule has 2 aromatic carbocycles. The Morgan fingerprint density at radius 2 is 1.59 bits per heavy atom. The molecule has 1 N–H and O–H groups in total. The highest BCUT2D eigenvalue weighted by Crippen LogP contribution is 2.35. The monoisotopic (exact) mass is 359 g/mol. The molecule has 0 radical (unpaired) electrons. The van der Waals surface area contributed by atoms with Gasteiger partial charge in [0.1, 0.15) is 23.0 Å². The molecule has 0 unspecified atom stereocenters. The van der Waals surface area contributed by atoms with E-state index < -0.39 is 0 Å². The summed E-state index contributed by atoms with van der Waals surface area (Å²) >= 11 is 0. The van der Waals surface area contributed by atoms with E-state index in [4.69, 9.17) is 4.98 Å². The Morgan fingerprint density at radius 1 is 0.889 bits per heavy atom. The first kappa shape index (κ1) is 17.3. The van der Waals surface area contributed by atoms with Crippen molar-refractivity contribution in [2.45, 2.75) is 27.7 Å². The van der Waals surface area contributed by atoms with Crippen LogP contribution in [0.3, 0.4) is 0 Å². The van der Waals surface area contributed by atoms with Crippen LogP contribution in [0.1, 0.15) is 22.4 Å². The van der Waals surface area contributed by atoms with Gasteiger partial charge in [-0.25, -0.2) is 9.37 Å². The van der Waals surface area contributed by atoms with Gasteiger partial charge in [-0.15, -0.1) is 0 Å². The fourth-order valence-electron chi connectivity index (χ4n) is 3.51. The number of rotatable bonds is 3. The minimum Gasteiger partial charge on any atom is -0.339 e. The molecule has 27 heavy (non-hydrogen) atoms. The summed E-state index contributed by atoms with van der Waals surface area (Å²) in [4.78, 5) is 4.76. The molecule has 2 aromatic heterocycles. The van der Waals surface area contributed by atoms with Gasteiger partial charge in [0.15, 0.2) is 0 Å². The maximum atomic E-state index is 14.7. The smallest absolute Gasteiger partial charge is 0.143 e. The van der Waals surface area contributed by atoms with Crippen LogP contribution in [0.4, 0.5) is 15.9 Å². The van der Waals surface area contributed by atoms with Crippen LogP contribution in [0.2, 0.25) is 0 Å². The fourth-order valence-corrected chi connectivity index (χ4v) is 3.51. The Balaban J connectivity index is 2.01. The SMILES string of the molecule is Cc1ccc(F)c(-c2nc3cccc(C)n3c2Nc2c(C)cccc2C)c1. The van der Waals surface area contributed by atoms with E-state index >= 15 is 0 Å². The number of halogens is 1. The van der Waals surface area contributed by atoms with Gasteiger partial charge in [0.25, 0.3) is 0 Å². The lowest BCUT2D eigenvalue weighted by Gasteiger charge is -2.15. The third-order valence-electron chi connectivity index (χ3n) is 4.94. The number of anilines is 2. The summed E-state index contributed by atoms with van der Waals surface area (Å²) < 4.78 is 16.7. The molecule has 4 rings (SSSR count). The van der Waals surface area contributed by atoms with E-state index in [1.165, 1.54) is 6.07 Å². The van der Waals surface area contributed by atoms with E-state index in [9.17, 15) is 4.39 Å². The van der Waals surface area contributed by atoms with Gasteiger partial charge in [-0.3, -0.25) is 4.40 Å². The number of benzene rings is 2. The van der Waals surface area contributed by atoms with Crippen LogP contribution in [-0.4, -0.2) is 9.38 Å². The number of para-hydroxylation sites is 1. The van der Waals surface area contributed by atoms with E-state index in [0.29, 0.717) is 11.3 Å². The lowest BCUT2D eigenvalue weighted by molar-refractivity contribution is 0.630. The number of nitrogens with zero attached hydrogens (tertiary/aromatic N) is 2. The summed E-state index contributed by atoms with van der Waals surface area (Å²) in [6.45, 7) is 8.13. The zero-order chi connectivity index (χ0) is 19.1. The van der Waals surface area contributed by atoms with Crippen molar-refractivity contribution in [3.05, 3.63) is 82.8 Å². The predicted octanol–water partition coefficient (Wildman–Crippen LogP) is 6.12. The number of fused-ring (bicyclic) bond motifs is 1. The van der Waals surface area contributed by atoms with Crippen LogP contribution in [0.5, 0.6) is 0 Å². The van der Waals surface area contributed by atoms with Gasteiger partial charge in [-0.2, -0.15) is 0 Å². The average Bonchev–Trinajstić information content (AvgIpc) is 3.00. The molecule has 0 aliphatic rings. The highest BCUT2D eigenvalue weighted by Gasteiger charge is 2.19. The van der Waals surface area contributed by atoms with Gasteiger partial charge >= 0.3 is 0 Å². The molecular formula is C23H22FN3. The Labute approximate surface area is 158 Å². The highest BCUT2D eigenvalue weighted by molar-refractivity contribution is 5.81. The first-order valence-electron chi connectivity index (χ1n) is 9.03. The van der Waals surface area contributed by atoms with Gasteiger partial charge < -0.3 is 5.32 Å². The number of imidazole rings is 1. The molecule has 0 aliphatic heterocycles. The zero-order valence-corrected chi connectivity index (χ0v) is 16.0. The van der Waals surface area contributed by atoms with Gasteiger partial charge in [-0.1, -0.05) is 35.9 Å². The molecule has 2 heterocycles. The first-order valence-corrected chi connectivity index (χ1v) is 9.03. The molecule has 3 nitrogen and oxygen atoms in total. The van der Waals surface area contributed by atoms with Gasteiger partial charge in [0.2, 0.25) is 0 Å². The Hall–Kier alpha value is -3.14. The van der Waals surface area contributed by atoms with E-state index in [1.54, 1.807) is 6.07 Å². The molecule has 0 amide bonds. The molecule has 4 aromatic rings. The van der Waals surface area contributed by atoms with Crippen LogP contribution < -0.4 is 5.32 Å². The maximum absolute atomic E-state index is 14.7. The van der Waals surface area contributed by atoms with Gasteiger partial charge in [0, 0.05) is 16.9 Å². The first-order chi connectivity index (χ1) is 13.0. The summed E-state index contributed by atoms with van der Waals surface area (Å²) in [7, 11) is 0. The van der Waals surface area contributed by atoms with Crippen molar-refractivity contribution >= 4 is 17.2 Å². The predicted molar refractivity (Wildman–Crippen MR) is 109 cm³/mol. The van der Waals surface area contributed by atoms with Gasteiger partial charge in [0.05, 0.1) is 0 Å². The Kier molecular flexibility index (Phi) is 4.19. The summed E-state index contributed by atoms with van der Waals surface area (Å²) in [5, 5.41) is 3.55. The number of nitrogens with one attached hydrogen (secondary N) is 1. The molecular weight excluding hydrogens is 337 g/mol. The van der Waals surface area contributed by atoms with Crippen LogP contribution >= 0.6 is 0 Å². The number of pyridine rings is 1. The zero-order valence-electron chi connectivity index (χ0n) is 16.0. The molecule has 0 saturated heterocycles. The molecule has 0 fully saturated rings. The second-order valence-corrected chi connectivity index (χ2v) is 7.04.